The molecule has 0 radical (unpaired) electrons. The Labute approximate surface area is 171 Å². The van der Waals surface area contributed by atoms with Crippen LogP contribution in [0.1, 0.15) is 5.69 Å². The molecule has 1 aromatic carbocycles. The van der Waals surface area contributed by atoms with Gasteiger partial charge >= 0.3 is 5.97 Å². The van der Waals surface area contributed by atoms with Crippen LogP contribution in [0.25, 0.3) is 22.8 Å². The van der Waals surface area contributed by atoms with Gasteiger partial charge in [-0.2, -0.15) is 0 Å². The largest absolute Gasteiger partial charge is 0.478 e. The zero-order valence-electron chi connectivity index (χ0n) is 15.9. The highest BCUT2D eigenvalue weighted by Crippen LogP contribution is 2.24. The lowest BCUT2D eigenvalue weighted by atomic mass is 10.2. The van der Waals surface area contributed by atoms with E-state index in [2.05, 4.69) is 23.5 Å². The Morgan fingerprint density at radius 2 is 1.93 bits per heavy atom. The SMILES string of the molecule is C=C/C=C(\C=C)Nc1cc(=O)c2cc(F)c(/C=C/C(=O)O)nc2n1-c1ccccc1. The van der Waals surface area contributed by atoms with Gasteiger partial charge in [0.25, 0.3) is 0 Å². The van der Waals surface area contributed by atoms with E-state index in [0.717, 1.165) is 18.2 Å². The number of anilines is 1. The van der Waals surface area contributed by atoms with Gasteiger partial charge in [-0.3, -0.25) is 9.36 Å². The number of hydrogen-bond acceptors (Lipinski definition) is 4. The maximum absolute atomic E-state index is 14.4. The second-order valence-electron chi connectivity index (χ2n) is 6.15. The average molecular weight is 403 g/mol. The number of fused-ring (bicyclic) bond motifs is 1. The molecule has 2 heterocycles. The van der Waals surface area contributed by atoms with E-state index in [0.29, 0.717) is 17.2 Å². The number of carboxylic acid groups (broad SMARTS) is 1. The van der Waals surface area contributed by atoms with Gasteiger partial charge in [0.1, 0.15) is 17.3 Å². The molecular formula is C23H18FN3O3. The summed E-state index contributed by atoms with van der Waals surface area (Å²) < 4.78 is 16.1. The van der Waals surface area contributed by atoms with Gasteiger partial charge in [0.2, 0.25) is 0 Å². The number of nitrogens with zero attached hydrogens (tertiary/aromatic N) is 2. The first kappa shape index (κ1) is 20.5. The van der Waals surface area contributed by atoms with Crippen LogP contribution >= 0.6 is 0 Å². The maximum Gasteiger partial charge on any atom is 0.328 e. The summed E-state index contributed by atoms with van der Waals surface area (Å²) in [6, 6.07) is 11.5. The Kier molecular flexibility index (Phi) is 6.03. The molecule has 0 unspecified atom stereocenters. The third-order valence-corrected chi connectivity index (χ3v) is 4.16. The van der Waals surface area contributed by atoms with Crippen LogP contribution in [0.15, 0.2) is 90.4 Å². The summed E-state index contributed by atoms with van der Waals surface area (Å²) in [4.78, 5) is 27.8. The lowest BCUT2D eigenvalue weighted by Gasteiger charge is -2.18. The minimum absolute atomic E-state index is 0.0576. The van der Waals surface area contributed by atoms with E-state index >= 15 is 0 Å². The molecule has 0 aliphatic heterocycles. The Hall–Kier alpha value is -4.26. The van der Waals surface area contributed by atoms with Crippen molar-refractivity contribution in [3.63, 3.8) is 0 Å². The molecule has 6 nitrogen and oxygen atoms in total. The minimum Gasteiger partial charge on any atom is -0.478 e. The zero-order valence-corrected chi connectivity index (χ0v) is 15.9. The first-order valence-electron chi connectivity index (χ1n) is 8.89. The number of carboxylic acids is 1. The number of carbonyl (C=O) groups is 1. The molecule has 30 heavy (non-hydrogen) atoms. The van der Waals surface area contributed by atoms with Crippen LogP contribution in [-0.2, 0) is 4.79 Å². The van der Waals surface area contributed by atoms with E-state index in [1.165, 1.54) is 6.07 Å². The fourth-order valence-electron chi connectivity index (χ4n) is 2.86. The van der Waals surface area contributed by atoms with E-state index in [4.69, 9.17) is 5.11 Å². The first-order chi connectivity index (χ1) is 14.4. The highest BCUT2D eigenvalue weighted by atomic mass is 19.1. The van der Waals surface area contributed by atoms with Gasteiger partial charge in [-0.1, -0.05) is 37.4 Å². The van der Waals surface area contributed by atoms with E-state index < -0.39 is 17.2 Å². The van der Waals surface area contributed by atoms with Crippen molar-refractivity contribution in [2.24, 2.45) is 0 Å². The van der Waals surface area contributed by atoms with Crippen LogP contribution in [0.4, 0.5) is 10.2 Å². The van der Waals surface area contributed by atoms with Crippen molar-refractivity contribution in [3.05, 3.63) is 107 Å². The van der Waals surface area contributed by atoms with Crippen LogP contribution in [-0.4, -0.2) is 20.6 Å². The normalized spacial score (nSPS) is 11.6. The molecule has 0 saturated carbocycles. The molecule has 3 aromatic rings. The quantitative estimate of drug-likeness (QED) is 0.454. The number of nitrogens with one attached hydrogen (secondary N) is 1. The number of aromatic nitrogens is 2. The predicted octanol–water partition coefficient (Wildman–Crippen LogP) is 4.29. The Bertz CT molecular complexity index is 1260. The van der Waals surface area contributed by atoms with E-state index in [1.807, 2.05) is 18.2 Å². The Morgan fingerprint density at radius 3 is 2.57 bits per heavy atom. The number of para-hydroxylation sites is 1. The molecule has 150 valence electrons. The molecule has 3 rings (SSSR count). The molecule has 0 aliphatic rings. The van der Waals surface area contributed by atoms with E-state index in [1.54, 1.807) is 34.9 Å². The molecular weight excluding hydrogens is 385 g/mol. The van der Waals surface area contributed by atoms with Crippen LogP contribution in [0.3, 0.4) is 0 Å². The molecule has 0 spiro atoms. The van der Waals surface area contributed by atoms with E-state index in [9.17, 15) is 14.0 Å². The van der Waals surface area contributed by atoms with Crippen molar-refractivity contribution < 1.29 is 14.3 Å². The fourth-order valence-corrected chi connectivity index (χ4v) is 2.86. The van der Waals surface area contributed by atoms with Gasteiger partial charge in [0.05, 0.1) is 5.39 Å². The summed E-state index contributed by atoms with van der Waals surface area (Å²) in [5.74, 6) is -1.66. The third-order valence-electron chi connectivity index (χ3n) is 4.16. The number of pyridine rings is 2. The van der Waals surface area contributed by atoms with Gasteiger partial charge in [-0.05, 0) is 36.4 Å². The highest BCUT2D eigenvalue weighted by Gasteiger charge is 2.15. The van der Waals surface area contributed by atoms with Crippen LogP contribution in [0.5, 0.6) is 0 Å². The molecule has 7 heteroatoms. The molecule has 0 amide bonds. The van der Waals surface area contributed by atoms with Crippen LogP contribution in [0.2, 0.25) is 0 Å². The summed E-state index contributed by atoms with van der Waals surface area (Å²) >= 11 is 0. The van der Waals surface area contributed by atoms with Crippen LogP contribution in [0, 0.1) is 5.82 Å². The van der Waals surface area contributed by atoms with Gasteiger partial charge in [0.15, 0.2) is 11.1 Å². The summed E-state index contributed by atoms with van der Waals surface area (Å²) in [5, 5.41) is 12.0. The minimum atomic E-state index is -1.24. The molecule has 0 aliphatic carbocycles. The van der Waals surface area contributed by atoms with Crippen molar-refractivity contribution in [3.8, 4) is 5.69 Å². The number of allylic oxidation sites excluding steroid dienone is 3. The second-order valence-corrected chi connectivity index (χ2v) is 6.15. The van der Waals surface area contributed by atoms with Crippen molar-refractivity contribution in [1.29, 1.82) is 0 Å². The van der Waals surface area contributed by atoms with Gasteiger partial charge in [-0.15, -0.1) is 0 Å². The molecule has 2 aromatic heterocycles. The first-order valence-corrected chi connectivity index (χ1v) is 8.89. The smallest absolute Gasteiger partial charge is 0.328 e. The lowest BCUT2D eigenvalue weighted by molar-refractivity contribution is -0.131. The van der Waals surface area contributed by atoms with E-state index in [-0.39, 0.29) is 16.7 Å². The van der Waals surface area contributed by atoms with Crippen molar-refractivity contribution >= 4 is 28.9 Å². The molecule has 0 fully saturated rings. The number of halogens is 1. The standard InChI is InChI=1S/C23H18FN3O3/c1-3-8-15(4-2)25-21-14-20(28)17-13-18(24)19(11-12-22(29)30)26-23(17)27(21)16-9-6-5-7-10-16/h3-14,25H,1-2H2,(H,29,30)/b12-11+,15-8+. The predicted molar refractivity (Wildman–Crippen MR) is 116 cm³/mol. The number of benzene rings is 1. The average Bonchev–Trinajstić information content (AvgIpc) is 2.73. The number of hydrogen-bond donors (Lipinski definition) is 2. The van der Waals surface area contributed by atoms with Gasteiger partial charge < -0.3 is 10.4 Å². The van der Waals surface area contributed by atoms with Gasteiger partial charge in [-0.25, -0.2) is 14.2 Å². The molecule has 0 saturated heterocycles. The molecule has 0 bridgehead atoms. The number of aliphatic carboxylic acids is 1. The monoisotopic (exact) mass is 403 g/mol. The zero-order chi connectivity index (χ0) is 21.7. The van der Waals surface area contributed by atoms with Crippen molar-refractivity contribution in [2.45, 2.75) is 0 Å². The maximum atomic E-state index is 14.4. The third kappa shape index (κ3) is 4.25. The highest BCUT2D eigenvalue weighted by molar-refractivity contribution is 5.86. The molecule has 0 atom stereocenters. The van der Waals surface area contributed by atoms with Crippen molar-refractivity contribution in [2.75, 3.05) is 5.32 Å². The Morgan fingerprint density at radius 1 is 1.20 bits per heavy atom. The second kappa shape index (κ2) is 8.83. The fraction of sp³-hybridized carbons (Fsp3) is 0. The van der Waals surface area contributed by atoms with Gasteiger partial charge in [0, 0.05) is 23.5 Å². The summed E-state index contributed by atoms with van der Waals surface area (Å²) in [6.45, 7) is 7.39. The lowest BCUT2D eigenvalue weighted by Crippen LogP contribution is -2.15. The summed E-state index contributed by atoms with van der Waals surface area (Å²) in [7, 11) is 0. The van der Waals surface area contributed by atoms with Crippen molar-refractivity contribution in [1.82, 2.24) is 9.55 Å². The topological polar surface area (TPSA) is 84.2 Å². The summed E-state index contributed by atoms with van der Waals surface area (Å²) in [6.07, 6.45) is 6.64. The molecule has 2 N–H and O–H groups in total. The van der Waals surface area contributed by atoms with Crippen LogP contribution < -0.4 is 10.7 Å². The summed E-state index contributed by atoms with van der Waals surface area (Å²) in [5.41, 5.74) is 0.782. The Balaban J connectivity index is 2.38. The number of rotatable bonds is 7.